The van der Waals surface area contributed by atoms with Crippen molar-refractivity contribution >= 4 is 0 Å². The standard InChI is InChI=1S/C14H30N/c1-11(2)7-13-9-15(5,6)10-14(13)8-12(3)4/h11-14H,7-10H2,1-6H3/q+1. The van der Waals surface area contributed by atoms with Crippen LogP contribution in [0.1, 0.15) is 40.5 Å². The minimum atomic E-state index is 0.864. The predicted molar refractivity (Wildman–Crippen MR) is 67.7 cm³/mol. The summed E-state index contributed by atoms with van der Waals surface area (Å²) >= 11 is 0. The molecule has 0 saturated carbocycles. The molecule has 15 heavy (non-hydrogen) atoms. The van der Waals surface area contributed by atoms with E-state index in [0.717, 1.165) is 23.7 Å². The van der Waals surface area contributed by atoms with E-state index in [1.807, 2.05) is 0 Å². The molecule has 1 fully saturated rings. The van der Waals surface area contributed by atoms with E-state index in [1.165, 1.54) is 30.4 Å². The number of likely N-dealkylation sites (tertiary alicyclic amines) is 1. The van der Waals surface area contributed by atoms with Gasteiger partial charge in [-0.3, -0.25) is 0 Å². The first-order valence-corrected chi connectivity index (χ1v) is 6.62. The maximum Gasteiger partial charge on any atom is 0.0816 e. The predicted octanol–water partition coefficient (Wildman–Crippen LogP) is 3.40. The maximum absolute atomic E-state index is 2.40. The van der Waals surface area contributed by atoms with Gasteiger partial charge in [0.15, 0.2) is 0 Å². The molecule has 1 saturated heterocycles. The molecule has 0 aliphatic carbocycles. The van der Waals surface area contributed by atoms with Gasteiger partial charge in [-0.25, -0.2) is 0 Å². The first kappa shape index (κ1) is 13.0. The van der Waals surface area contributed by atoms with Crippen LogP contribution in [0.15, 0.2) is 0 Å². The van der Waals surface area contributed by atoms with Gasteiger partial charge in [-0.1, -0.05) is 27.7 Å². The molecular formula is C14H30N+. The number of nitrogens with zero attached hydrogens (tertiary/aromatic N) is 1. The molecule has 0 bridgehead atoms. The molecule has 1 rings (SSSR count). The fourth-order valence-electron chi connectivity index (χ4n) is 3.39. The molecule has 2 unspecified atom stereocenters. The van der Waals surface area contributed by atoms with Gasteiger partial charge in [0, 0.05) is 11.8 Å². The van der Waals surface area contributed by atoms with Crippen LogP contribution in [0, 0.1) is 23.7 Å². The molecule has 0 radical (unpaired) electrons. The van der Waals surface area contributed by atoms with Crippen molar-refractivity contribution in [1.29, 1.82) is 0 Å². The third-order valence-corrected chi connectivity index (χ3v) is 3.67. The highest BCUT2D eigenvalue weighted by Crippen LogP contribution is 2.35. The molecule has 90 valence electrons. The van der Waals surface area contributed by atoms with Crippen molar-refractivity contribution in [3.63, 3.8) is 0 Å². The second kappa shape index (κ2) is 4.86. The zero-order chi connectivity index (χ0) is 11.6. The molecule has 2 atom stereocenters. The lowest BCUT2D eigenvalue weighted by Crippen LogP contribution is -2.37. The Kier molecular flexibility index (Phi) is 4.22. The van der Waals surface area contributed by atoms with E-state index >= 15 is 0 Å². The summed E-state index contributed by atoms with van der Waals surface area (Å²) in [5.74, 6) is 3.68. The molecule has 0 aromatic carbocycles. The average Bonchev–Trinajstić information content (AvgIpc) is 2.22. The van der Waals surface area contributed by atoms with Gasteiger partial charge >= 0.3 is 0 Å². The maximum atomic E-state index is 2.40. The van der Waals surface area contributed by atoms with Gasteiger partial charge in [0.2, 0.25) is 0 Å². The van der Waals surface area contributed by atoms with E-state index in [-0.39, 0.29) is 0 Å². The summed E-state index contributed by atoms with van der Waals surface area (Å²) in [7, 11) is 4.79. The Morgan fingerprint density at radius 3 is 1.47 bits per heavy atom. The van der Waals surface area contributed by atoms with E-state index in [9.17, 15) is 0 Å². The number of hydrogen-bond donors (Lipinski definition) is 0. The SMILES string of the molecule is CC(C)CC1C[N+](C)(C)CC1CC(C)C. The Labute approximate surface area is 96.4 Å². The molecule has 1 heterocycles. The van der Waals surface area contributed by atoms with Crippen LogP contribution in [0.5, 0.6) is 0 Å². The summed E-state index contributed by atoms with van der Waals surface area (Å²) in [6, 6.07) is 0. The van der Waals surface area contributed by atoms with Gasteiger partial charge in [-0.05, 0) is 24.7 Å². The second-order valence-electron chi connectivity index (χ2n) is 7.08. The number of quaternary nitrogens is 1. The quantitative estimate of drug-likeness (QED) is 0.627. The van der Waals surface area contributed by atoms with Crippen molar-refractivity contribution < 1.29 is 4.48 Å². The summed E-state index contributed by atoms with van der Waals surface area (Å²) in [5.41, 5.74) is 0. The Balaban J connectivity index is 2.57. The van der Waals surface area contributed by atoms with Gasteiger partial charge in [-0.2, -0.15) is 0 Å². The van der Waals surface area contributed by atoms with Crippen LogP contribution in [0.3, 0.4) is 0 Å². The van der Waals surface area contributed by atoms with Crippen LogP contribution in [0.4, 0.5) is 0 Å². The van der Waals surface area contributed by atoms with E-state index in [2.05, 4.69) is 41.8 Å². The highest BCUT2D eigenvalue weighted by molar-refractivity contribution is 4.77. The van der Waals surface area contributed by atoms with Gasteiger partial charge in [0.25, 0.3) is 0 Å². The zero-order valence-electron chi connectivity index (χ0n) is 11.6. The lowest BCUT2D eigenvalue weighted by atomic mass is 9.83. The summed E-state index contributed by atoms with van der Waals surface area (Å²) in [6.07, 6.45) is 2.86. The van der Waals surface area contributed by atoms with Crippen LogP contribution >= 0.6 is 0 Å². The number of rotatable bonds is 4. The van der Waals surface area contributed by atoms with Crippen LogP contribution < -0.4 is 0 Å². The van der Waals surface area contributed by atoms with Gasteiger partial charge in [-0.15, -0.1) is 0 Å². The second-order valence-corrected chi connectivity index (χ2v) is 7.08. The van der Waals surface area contributed by atoms with Gasteiger partial charge in [0.05, 0.1) is 27.2 Å². The molecule has 0 N–H and O–H groups in total. The van der Waals surface area contributed by atoms with E-state index in [0.29, 0.717) is 0 Å². The third-order valence-electron chi connectivity index (χ3n) is 3.67. The normalized spacial score (nSPS) is 30.4. The fourth-order valence-corrected chi connectivity index (χ4v) is 3.39. The minimum Gasteiger partial charge on any atom is -0.328 e. The Hall–Kier alpha value is -0.0400. The molecular weight excluding hydrogens is 182 g/mol. The highest BCUT2D eigenvalue weighted by Gasteiger charge is 2.39. The molecule has 1 aliphatic heterocycles. The summed E-state index contributed by atoms with van der Waals surface area (Å²) in [4.78, 5) is 0. The highest BCUT2D eigenvalue weighted by atomic mass is 15.3. The molecule has 0 aromatic heterocycles. The first-order chi connectivity index (χ1) is 6.80. The largest absolute Gasteiger partial charge is 0.328 e. The monoisotopic (exact) mass is 212 g/mol. The van der Waals surface area contributed by atoms with Crippen molar-refractivity contribution in [1.82, 2.24) is 0 Å². The molecule has 0 aromatic rings. The average molecular weight is 212 g/mol. The fraction of sp³-hybridized carbons (Fsp3) is 1.00. The summed E-state index contributed by atoms with van der Waals surface area (Å²) < 4.78 is 1.24. The Morgan fingerprint density at radius 1 is 0.867 bits per heavy atom. The number of hydrogen-bond acceptors (Lipinski definition) is 0. The van der Waals surface area contributed by atoms with E-state index < -0.39 is 0 Å². The first-order valence-electron chi connectivity index (χ1n) is 6.62. The molecule has 1 nitrogen and oxygen atoms in total. The smallest absolute Gasteiger partial charge is 0.0816 e. The lowest BCUT2D eigenvalue weighted by Gasteiger charge is -2.23. The summed E-state index contributed by atoms with van der Waals surface area (Å²) in [5, 5.41) is 0. The van der Waals surface area contributed by atoms with Crippen LogP contribution in [-0.2, 0) is 0 Å². The van der Waals surface area contributed by atoms with Crippen molar-refractivity contribution in [3.05, 3.63) is 0 Å². The van der Waals surface area contributed by atoms with Crippen molar-refractivity contribution in [3.8, 4) is 0 Å². The van der Waals surface area contributed by atoms with Crippen molar-refractivity contribution in [2.75, 3.05) is 27.2 Å². The van der Waals surface area contributed by atoms with Crippen molar-refractivity contribution in [2.24, 2.45) is 23.7 Å². The Bertz CT molecular complexity index is 174. The van der Waals surface area contributed by atoms with Gasteiger partial charge < -0.3 is 4.48 Å². The molecule has 0 amide bonds. The minimum absolute atomic E-state index is 0.864. The lowest BCUT2D eigenvalue weighted by molar-refractivity contribution is -0.880. The van der Waals surface area contributed by atoms with E-state index in [1.54, 1.807) is 0 Å². The van der Waals surface area contributed by atoms with Crippen LogP contribution in [-0.4, -0.2) is 31.7 Å². The third kappa shape index (κ3) is 4.14. The van der Waals surface area contributed by atoms with Gasteiger partial charge in [0.1, 0.15) is 0 Å². The van der Waals surface area contributed by atoms with Crippen LogP contribution in [0.2, 0.25) is 0 Å². The van der Waals surface area contributed by atoms with Crippen LogP contribution in [0.25, 0.3) is 0 Å². The Morgan fingerprint density at radius 2 is 1.20 bits per heavy atom. The molecule has 1 aliphatic rings. The molecule has 1 heteroatoms. The zero-order valence-corrected chi connectivity index (χ0v) is 11.6. The van der Waals surface area contributed by atoms with E-state index in [4.69, 9.17) is 0 Å². The topological polar surface area (TPSA) is 0 Å². The molecule has 0 spiro atoms. The van der Waals surface area contributed by atoms with Crippen molar-refractivity contribution in [2.45, 2.75) is 40.5 Å². The summed E-state index contributed by atoms with van der Waals surface area (Å²) in [6.45, 7) is 12.3.